The van der Waals surface area contributed by atoms with E-state index in [1.807, 2.05) is 0 Å². The molecule has 0 saturated heterocycles. The van der Waals surface area contributed by atoms with Gasteiger partial charge in [0.1, 0.15) is 0 Å². The highest BCUT2D eigenvalue weighted by molar-refractivity contribution is 6.90. The highest BCUT2D eigenvalue weighted by Gasteiger charge is 2.20. The Morgan fingerprint density at radius 3 is 2.00 bits per heavy atom. The molecule has 2 aromatic rings. The van der Waals surface area contributed by atoms with Gasteiger partial charge in [-0.1, -0.05) is 91.1 Å². The van der Waals surface area contributed by atoms with Crippen molar-refractivity contribution in [3.8, 4) is 0 Å². The van der Waals surface area contributed by atoms with Gasteiger partial charge in [-0.25, -0.2) is 0 Å². The molecule has 0 bridgehead atoms. The van der Waals surface area contributed by atoms with Crippen LogP contribution in [0.3, 0.4) is 0 Å². The maximum Gasteiger partial charge on any atom is 0.0843 e. The first-order chi connectivity index (χ1) is 8.68. The number of hydrogen-bond acceptors (Lipinski definition) is 0. The van der Waals surface area contributed by atoms with E-state index < -0.39 is 8.07 Å². The van der Waals surface area contributed by atoms with Crippen molar-refractivity contribution in [2.75, 3.05) is 0 Å². The summed E-state index contributed by atoms with van der Waals surface area (Å²) in [4.78, 5) is 0. The fourth-order valence-corrected chi connectivity index (χ4v) is 4.10. The lowest BCUT2D eigenvalue weighted by atomic mass is 10.2. The van der Waals surface area contributed by atoms with Crippen molar-refractivity contribution in [1.82, 2.24) is 0 Å². The summed E-state index contributed by atoms with van der Waals surface area (Å²) in [6, 6.07) is 22.6. The predicted molar refractivity (Wildman–Crippen MR) is 83.8 cm³/mol. The van der Waals surface area contributed by atoms with Gasteiger partial charge < -0.3 is 0 Å². The fourth-order valence-electron chi connectivity index (χ4n) is 2.06. The molecule has 92 valence electrons. The van der Waals surface area contributed by atoms with E-state index >= 15 is 0 Å². The molecule has 0 amide bonds. The molecule has 0 unspecified atom stereocenters. The van der Waals surface area contributed by atoms with Crippen molar-refractivity contribution in [3.63, 3.8) is 0 Å². The maximum atomic E-state index is 2.43. The third-order valence-corrected chi connectivity index (χ3v) is 6.45. The van der Waals surface area contributed by atoms with Gasteiger partial charge in [-0.05, 0) is 11.6 Å². The SMILES string of the molecule is C[Si](C)(C/C=C\c1ccccc1)c1ccccc1. The monoisotopic (exact) mass is 252 g/mol. The Morgan fingerprint density at radius 1 is 0.833 bits per heavy atom. The van der Waals surface area contributed by atoms with Crippen molar-refractivity contribution in [1.29, 1.82) is 0 Å². The Labute approximate surface area is 111 Å². The number of benzene rings is 2. The predicted octanol–water partition coefficient (Wildman–Crippen LogP) is 4.32. The van der Waals surface area contributed by atoms with E-state index in [1.54, 1.807) is 0 Å². The van der Waals surface area contributed by atoms with Gasteiger partial charge >= 0.3 is 0 Å². The van der Waals surface area contributed by atoms with Crippen molar-refractivity contribution in [2.45, 2.75) is 19.1 Å². The Balaban J connectivity index is 2.04. The highest BCUT2D eigenvalue weighted by atomic mass is 28.3. The van der Waals surface area contributed by atoms with E-state index in [9.17, 15) is 0 Å². The lowest BCUT2D eigenvalue weighted by Gasteiger charge is -2.20. The average Bonchev–Trinajstić information content (AvgIpc) is 2.41. The van der Waals surface area contributed by atoms with Crippen molar-refractivity contribution in [3.05, 3.63) is 72.3 Å². The van der Waals surface area contributed by atoms with E-state index in [0.717, 1.165) is 0 Å². The molecule has 0 aliphatic carbocycles. The van der Waals surface area contributed by atoms with E-state index in [2.05, 4.69) is 85.9 Å². The van der Waals surface area contributed by atoms with Gasteiger partial charge in [-0.2, -0.15) is 0 Å². The second-order valence-electron chi connectivity index (χ2n) is 5.27. The van der Waals surface area contributed by atoms with Crippen LogP contribution in [0.25, 0.3) is 6.08 Å². The van der Waals surface area contributed by atoms with E-state index in [4.69, 9.17) is 0 Å². The van der Waals surface area contributed by atoms with Crippen molar-refractivity contribution in [2.24, 2.45) is 0 Å². The molecule has 0 radical (unpaired) electrons. The minimum absolute atomic E-state index is 1.19. The summed E-state index contributed by atoms with van der Waals surface area (Å²) in [6.07, 6.45) is 4.56. The van der Waals surface area contributed by atoms with Crippen LogP contribution in [0.1, 0.15) is 5.56 Å². The van der Waals surface area contributed by atoms with Crippen LogP contribution in [0.15, 0.2) is 66.7 Å². The van der Waals surface area contributed by atoms with Crippen LogP contribution in [0, 0.1) is 0 Å². The van der Waals surface area contributed by atoms with Crippen LogP contribution in [0.5, 0.6) is 0 Å². The molecule has 0 fully saturated rings. The number of allylic oxidation sites excluding steroid dienone is 1. The molecule has 0 aliphatic rings. The van der Waals surface area contributed by atoms with Gasteiger partial charge in [-0.15, -0.1) is 0 Å². The fraction of sp³-hybridized carbons (Fsp3) is 0.176. The summed E-state index contributed by atoms with van der Waals surface area (Å²) < 4.78 is 0. The maximum absolute atomic E-state index is 2.43. The van der Waals surface area contributed by atoms with Gasteiger partial charge in [0, 0.05) is 0 Å². The van der Waals surface area contributed by atoms with Crippen molar-refractivity contribution >= 4 is 19.3 Å². The third-order valence-electron chi connectivity index (χ3n) is 3.29. The molecule has 0 saturated carbocycles. The minimum atomic E-state index is -1.32. The molecule has 0 aromatic heterocycles. The van der Waals surface area contributed by atoms with Gasteiger partial charge in [0.2, 0.25) is 0 Å². The molecular weight excluding hydrogens is 232 g/mol. The molecule has 0 spiro atoms. The van der Waals surface area contributed by atoms with Crippen LogP contribution in [0.2, 0.25) is 19.1 Å². The van der Waals surface area contributed by atoms with Crippen molar-refractivity contribution < 1.29 is 0 Å². The molecular formula is C17H20Si. The zero-order valence-electron chi connectivity index (χ0n) is 11.1. The van der Waals surface area contributed by atoms with Crippen LogP contribution in [0.4, 0.5) is 0 Å². The van der Waals surface area contributed by atoms with Crippen LogP contribution in [-0.2, 0) is 0 Å². The molecule has 18 heavy (non-hydrogen) atoms. The second kappa shape index (κ2) is 5.83. The number of rotatable bonds is 4. The summed E-state index contributed by atoms with van der Waals surface area (Å²) >= 11 is 0. The molecule has 0 nitrogen and oxygen atoms in total. The quantitative estimate of drug-likeness (QED) is 0.711. The minimum Gasteiger partial charge on any atom is -0.0863 e. The standard InChI is InChI=1S/C17H20Si/c1-18(2,17-13-7-4-8-14-17)15-9-12-16-10-5-3-6-11-16/h3-14H,15H2,1-2H3/b12-9-. The molecule has 1 heteroatoms. The van der Waals surface area contributed by atoms with Crippen LogP contribution in [-0.4, -0.2) is 8.07 Å². The molecule has 0 atom stereocenters. The largest absolute Gasteiger partial charge is 0.0863 e. The molecule has 2 rings (SSSR count). The Morgan fingerprint density at radius 2 is 1.39 bits per heavy atom. The normalized spacial score (nSPS) is 11.9. The Bertz CT molecular complexity index is 498. The van der Waals surface area contributed by atoms with Gasteiger partial charge in [0.05, 0.1) is 8.07 Å². The molecule has 0 aliphatic heterocycles. The molecule has 0 heterocycles. The summed E-state index contributed by atoms with van der Waals surface area (Å²) in [7, 11) is -1.32. The smallest absolute Gasteiger partial charge is 0.0843 e. The first kappa shape index (κ1) is 12.8. The van der Waals surface area contributed by atoms with Gasteiger partial charge in [-0.3, -0.25) is 0 Å². The van der Waals surface area contributed by atoms with E-state index in [-0.39, 0.29) is 0 Å². The molecule has 0 N–H and O–H groups in total. The zero-order valence-corrected chi connectivity index (χ0v) is 12.1. The first-order valence-electron chi connectivity index (χ1n) is 6.46. The Kier molecular flexibility index (Phi) is 4.16. The highest BCUT2D eigenvalue weighted by Crippen LogP contribution is 2.12. The first-order valence-corrected chi connectivity index (χ1v) is 9.66. The topological polar surface area (TPSA) is 0 Å². The summed E-state index contributed by atoms with van der Waals surface area (Å²) in [5.74, 6) is 0. The summed E-state index contributed by atoms with van der Waals surface area (Å²) in [5.41, 5.74) is 1.29. The van der Waals surface area contributed by atoms with E-state index in [1.165, 1.54) is 16.8 Å². The van der Waals surface area contributed by atoms with E-state index in [0.29, 0.717) is 0 Å². The molecule has 2 aromatic carbocycles. The third kappa shape index (κ3) is 3.44. The average molecular weight is 252 g/mol. The van der Waals surface area contributed by atoms with Crippen LogP contribution < -0.4 is 5.19 Å². The van der Waals surface area contributed by atoms with Crippen LogP contribution >= 0.6 is 0 Å². The zero-order chi connectivity index (χ0) is 12.8. The Hall–Kier alpha value is -1.60. The lowest BCUT2D eigenvalue weighted by Crippen LogP contribution is -2.40. The summed E-state index contributed by atoms with van der Waals surface area (Å²) in [6.45, 7) is 4.86. The summed E-state index contributed by atoms with van der Waals surface area (Å²) in [5, 5.41) is 1.53. The van der Waals surface area contributed by atoms with Gasteiger partial charge in [0.25, 0.3) is 0 Å². The van der Waals surface area contributed by atoms with Gasteiger partial charge in [0.15, 0.2) is 0 Å². The number of hydrogen-bond donors (Lipinski definition) is 0. The second-order valence-corrected chi connectivity index (χ2v) is 10.0. The lowest BCUT2D eigenvalue weighted by molar-refractivity contribution is 1.53.